The van der Waals surface area contributed by atoms with Crippen molar-refractivity contribution in [2.24, 2.45) is 5.92 Å². The molecule has 0 aliphatic heterocycles. The van der Waals surface area contributed by atoms with Crippen LogP contribution in [-0.4, -0.2) is 4.83 Å². The van der Waals surface area contributed by atoms with Gasteiger partial charge >= 0.3 is 0 Å². The van der Waals surface area contributed by atoms with E-state index < -0.39 is 5.41 Å². The third-order valence-electron chi connectivity index (χ3n) is 5.46. The maximum absolute atomic E-state index is 3.97. The van der Waals surface area contributed by atoms with Gasteiger partial charge in [-0.2, -0.15) is 0 Å². The van der Waals surface area contributed by atoms with Crippen molar-refractivity contribution < 1.29 is 0 Å². The highest BCUT2D eigenvalue weighted by molar-refractivity contribution is 9.11. The molecule has 29 heavy (non-hydrogen) atoms. The molecule has 3 aromatic rings. The van der Waals surface area contributed by atoms with E-state index >= 15 is 0 Å². The van der Waals surface area contributed by atoms with Gasteiger partial charge in [0.25, 0.3) is 0 Å². The Bertz CT molecular complexity index is 973. The fourth-order valence-electron chi connectivity index (χ4n) is 4.28. The van der Waals surface area contributed by atoms with Gasteiger partial charge in [0.2, 0.25) is 0 Å². The van der Waals surface area contributed by atoms with Crippen LogP contribution in [0.15, 0.2) is 111 Å². The van der Waals surface area contributed by atoms with Crippen LogP contribution >= 0.6 is 63.7 Å². The molecule has 2 unspecified atom stereocenters. The molecule has 146 valence electrons. The summed E-state index contributed by atoms with van der Waals surface area (Å²) >= 11 is 15.6. The molecule has 0 bridgehead atoms. The molecule has 1 aliphatic carbocycles. The number of halogens is 4. The molecule has 0 radical (unpaired) electrons. The number of hydrogen-bond donors (Lipinski definition) is 0. The molecular weight excluding hydrogens is 620 g/mol. The molecule has 0 fully saturated rings. The molecule has 1 aliphatic rings. The van der Waals surface area contributed by atoms with E-state index in [0.29, 0.717) is 0 Å². The molecule has 0 aromatic heterocycles. The first kappa shape index (κ1) is 21.3. The monoisotopic (exact) mass is 634 g/mol. The van der Waals surface area contributed by atoms with E-state index in [2.05, 4.69) is 161 Å². The van der Waals surface area contributed by atoms with E-state index in [-0.39, 0.29) is 10.7 Å². The van der Waals surface area contributed by atoms with Crippen molar-refractivity contribution in [2.45, 2.75) is 10.2 Å². The molecule has 0 nitrogen and oxygen atoms in total. The molecule has 4 heteroatoms. The van der Waals surface area contributed by atoms with Crippen molar-refractivity contribution in [3.8, 4) is 0 Å². The smallest absolute Gasteiger partial charge is 0.0561 e. The van der Waals surface area contributed by atoms with Crippen LogP contribution in [0.2, 0.25) is 0 Å². The predicted octanol–water partition coefficient (Wildman–Crippen LogP) is 8.81. The van der Waals surface area contributed by atoms with Gasteiger partial charge in [-0.15, -0.1) is 0 Å². The van der Waals surface area contributed by atoms with Gasteiger partial charge in [0.15, 0.2) is 0 Å². The van der Waals surface area contributed by atoms with Gasteiger partial charge in [0, 0.05) is 24.2 Å². The summed E-state index contributed by atoms with van der Waals surface area (Å²) in [5.74, 6) is 0.156. The maximum Gasteiger partial charge on any atom is 0.0561 e. The summed E-state index contributed by atoms with van der Waals surface area (Å²) in [6, 6.07) is 25.6. The van der Waals surface area contributed by atoms with Gasteiger partial charge in [-0.05, 0) is 34.9 Å². The van der Waals surface area contributed by atoms with Crippen LogP contribution in [0.1, 0.15) is 16.7 Å². The van der Waals surface area contributed by atoms with Crippen molar-refractivity contribution >= 4 is 63.7 Å². The summed E-state index contributed by atoms with van der Waals surface area (Å²) in [4.78, 5) is 0.179. The quantitative estimate of drug-likeness (QED) is 0.198. The van der Waals surface area contributed by atoms with Crippen molar-refractivity contribution in [3.05, 3.63) is 127 Å². The number of hydrogen-bond acceptors (Lipinski definition) is 0. The first-order valence-electron chi connectivity index (χ1n) is 9.31. The molecule has 0 amide bonds. The minimum Gasteiger partial charge on any atom is -0.0838 e. The standard InChI is InChI=1S/C25H18Br4/c26-21-13-5-1-9-17(21)25(18-10-2-6-14-22(18)27,19-11-3-7-15-23(19)28)20-12-4-8-16-24(20)29/h1-17,21H. The SMILES string of the molecule is Brc1ccccc1C(c1ccccc1Br)(c1ccccc1Br)C1C=CC=CC1Br. The van der Waals surface area contributed by atoms with Crippen molar-refractivity contribution in [2.75, 3.05) is 0 Å². The van der Waals surface area contributed by atoms with Gasteiger partial charge in [0.1, 0.15) is 0 Å². The highest BCUT2D eigenvalue weighted by Crippen LogP contribution is 2.54. The van der Waals surface area contributed by atoms with E-state index in [9.17, 15) is 0 Å². The zero-order chi connectivity index (χ0) is 20.4. The highest BCUT2D eigenvalue weighted by Gasteiger charge is 2.48. The molecule has 0 heterocycles. The molecule has 0 N–H and O–H groups in total. The molecule has 0 saturated heterocycles. The summed E-state index contributed by atoms with van der Waals surface area (Å²) in [6.07, 6.45) is 8.81. The lowest BCUT2D eigenvalue weighted by atomic mass is 9.60. The predicted molar refractivity (Wildman–Crippen MR) is 137 cm³/mol. The van der Waals surface area contributed by atoms with E-state index in [1.165, 1.54) is 16.7 Å². The summed E-state index contributed by atoms with van der Waals surface area (Å²) in [7, 11) is 0. The topological polar surface area (TPSA) is 0 Å². The molecular formula is C25H18Br4. The van der Waals surface area contributed by atoms with E-state index in [0.717, 1.165) is 13.4 Å². The molecule has 4 rings (SSSR count). The average Bonchev–Trinajstić information content (AvgIpc) is 2.73. The van der Waals surface area contributed by atoms with Crippen molar-refractivity contribution in [1.29, 1.82) is 0 Å². The Hall–Kier alpha value is -0.940. The fourth-order valence-corrected chi connectivity index (χ4v) is 6.82. The third kappa shape index (κ3) is 3.78. The lowest BCUT2D eigenvalue weighted by Gasteiger charge is -2.45. The fraction of sp³-hybridized carbons (Fsp3) is 0.120. The lowest BCUT2D eigenvalue weighted by molar-refractivity contribution is 0.454. The summed E-state index contributed by atoms with van der Waals surface area (Å²) in [6.45, 7) is 0. The summed E-state index contributed by atoms with van der Waals surface area (Å²) in [5.41, 5.74) is 3.25. The lowest BCUT2D eigenvalue weighted by Crippen LogP contribution is -2.42. The number of rotatable bonds is 4. The Morgan fingerprint density at radius 3 is 1.31 bits per heavy atom. The Kier molecular flexibility index (Phi) is 6.65. The maximum atomic E-state index is 3.97. The van der Waals surface area contributed by atoms with Gasteiger partial charge in [-0.25, -0.2) is 0 Å². The zero-order valence-electron chi connectivity index (χ0n) is 15.4. The van der Waals surface area contributed by atoms with Gasteiger partial charge in [0.05, 0.1) is 5.41 Å². The van der Waals surface area contributed by atoms with Crippen LogP contribution in [0.25, 0.3) is 0 Å². The van der Waals surface area contributed by atoms with Crippen LogP contribution in [0, 0.1) is 5.92 Å². The Labute approximate surface area is 205 Å². The van der Waals surface area contributed by atoms with Crippen LogP contribution < -0.4 is 0 Å². The summed E-state index contributed by atoms with van der Waals surface area (Å²) in [5, 5.41) is 0. The number of benzene rings is 3. The van der Waals surface area contributed by atoms with Crippen LogP contribution in [0.5, 0.6) is 0 Å². The van der Waals surface area contributed by atoms with Crippen molar-refractivity contribution in [3.63, 3.8) is 0 Å². The normalized spacial score (nSPS) is 18.8. The van der Waals surface area contributed by atoms with Crippen LogP contribution in [0.4, 0.5) is 0 Å². The molecule has 0 saturated carbocycles. The zero-order valence-corrected chi connectivity index (χ0v) is 21.7. The number of alkyl halides is 1. The minimum atomic E-state index is -0.435. The Morgan fingerprint density at radius 2 is 0.931 bits per heavy atom. The van der Waals surface area contributed by atoms with Gasteiger partial charge in [-0.1, -0.05) is 143 Å². The largest absolute Gasteiger partial charge is 0.0838 e. The first-order chi connectivity index (χ1) is 14.1. The second-order valence-electron chi connectivity index (χ2n) is 6.99. The summed E-state index contributed by atoms with van der Waals surface area (Å²) < 4.78 is 3.28. The third-order valence-corrected chi connectivity index (χ3v) is 8.41. The Morgan fingerprint density at radius 1 is 0.552 bits per heavy atom. The minimum absolute atomic E-state index is 0.156. The second kappa shape index (κ2) is 9.05. The molecule has 2 atom stereocenters. The first-order valence-corrected chi connectivity index (χ1v) is 12.6. The molecule has 3 aromatic carbocycles. The van der Waals surface area contributed by atoms with Crippen molar-refractivity contribution in [1.82, 2.24) is 0 Å². The van der Waals surface area contributed by atoms with Crippen LogP contribution in [-0.2, 0) is 5.41 Å². The van der Waals surface area contributed by atoms with E-state index in [1.54, 1.807) is 0 Å². The molecule has 0 spiro atoms. The van der Waals surface area contributed by atoms with E-state index in [1.807, 2.05) is 0 Å². The average molecular weight is 638 g/mol. The Balaban J connectivity index is 2.19. The second-order valence-corrected chi connectivity index (χ2v) is 10.6. The van der Waals surface area contributed by atoms with Gasteiger partial charge in [-0.3, -0.25) is 0 Å². The van der Waals surface area contributed by atoms with E-state index in [4.69, 9.17) is 0 Å². The van der Waals surface area contributed by atoms with Gasteiger partial charge < -0.3 is 0 Å². The van der Waals surface area contributed by atoms with Crippen LogP contribution in [0.3, 0.4) is 0 Å². The number of allylic oxidation sites excluding steroid dienone is 4. The highest BCUT2D eigenvalue weighted by atomic mass is 79.9.